The number of hydrogen-bond acceptors (Lipinski definition) is 6. The molecule has 0 bridgehead atoms. The molecule has 0 aliphatic rings. The van der Waals surface area contributed by atoms with Crippen LogP contribution in [0.25, 0.3) is 0 Å². The first kappa shape index (κ1) is 13.9. The van der Waals surface area contributed by atoms with Crippen molar-refractivity contribution in [3.63, 3.8) is 0 Å². The summed E-state index contributed by atoms with van der Waals surface area (Å²) in [5, 5.41) is 20.0. The summed E-state index contributed by atoms with van der Waals surface area (Å²) in [5.74, 6) is -1.17. The van der Waals surface area contributed by atoms with Gasteiger partial charge in [0.05, 0.1) is 9.82 Å². The molecule has 8 heteroatoms. The molecule has 1 heterocycles. The van der Waals surface area contributed by atoms with E-state index in [2.05, 4.69) is 9.97 Å². The first-order valence-corrected chi connectivity index (χ1v) is 6.29. The number of nitro benzene ring substituents is 1. The molecule has 0 unspecified atom stereocenters. The van der Waals surface area contributed by atoms with Gasteiger partial charge in [-0.05, 0) is 30.8 Å². The van der Waals surface area contributed by atoms with Crippen LogP contribution >= 0.6 is 11.8 Å². The molecule has 2 aromatic rings. The maximum Gasteiger partial charge on any atom is 0.354 e. The average molecular weight is 291 g/mol. The monoisotopic (exact) mass is 291 g/mol. The Hall–Kier alpha value is -2.48. The van der Waals surface area contributed by atoms with Gasteiger partial charge < -0.3 is 5.11 Å². The van der Waals surface area contributed by atoms with E-state index in [1.54, 1.807) is 25.1 Å². The van der Waals surface area contributed by atoms with Crippen LogP contribution in [0.5, 0.6) is 0 Å². The second kappa shape index (κ2) is 5.66. The summed E-state index contributed by atoms with van der Waals surface area (Å²) in [6.45, 7) is 1.64. The lowest BCUT2D eigenvalue weighted by Crippen LogP contribution is -2.03. The lowest BCUT2D eigenvalue weighted by atomic mass is 10.3. The van der Waals surface area contributed by atoms with Crippen LogP contribution in [-0.2, 0) is 0 Å². The fourth-order valence-corrected chi connectivity index (χ4v) is 2.41. The molecular weight excluding hydrogens is 282 g/mol. The number of carbonyl (C=O) groups is 1. The quantitative estimate of drug-likeness (QED) is 0.524. The van der Waals surface area contributed by atoms with Crippen molar-refractivity contribution in [3.8, 4) is 0 Å². The third-order valence-electron chi connectivity index (χ3n) is 2.32. The molecule has 1 aromatic heterocycles. The van der Waals surface area contributed by atoms with Gasteiger partial charge in [0.15, 0.2) is 10.9 Å². The largest absolute Gasteiger partial charge is 0.477 e. The Kier molecular flexibility index (Phi) is 3.94. The van der Waals surface area contributed by atoms with E-state index in [0.717, 1.165) is 11.8 Å². The fraction of sp³-hybridized carbons (Fsp3) is 0.0833. The highest BCUT2D eigenvalue weighted by Gasteiger charge is 2.16. The standard InChI is InChI=1S/C12H9N3O4S/c1-7-6-8(11(16)17)14-12(13-7)20-10-5-3-2-4-9(10)15(18)19/h2-6H,1H3,(H,16,17). The molecular formula is C12H9N3O4S. The minimum atomic E-state index is -1.17. The molecule has 0 saturated heterocycles. The van der Waals surface area contributed by atoms with E-state index in [0.29, 0.717) is 10.6 Å². The number of para-hydroxylation sites is 1. The van der Waals surface area contributed by atoms with Gasteiger partial charge in [0.1, 0.15) is 0 Å². The summed E-state index contributed by atoms with van der Waals surface area (Å²) in [4.78, 5) is 29.6. The number of aromatic nitrogens is 2. The van der Waals surface area contributed by atoms with Gasteiger partial charge in [0.25, 0.3) is 5.69 Å². The number of aryl methyl sites for hydroxylation is 1. The highest BCUT2D eigenvalue weighted by Crippen LogP contribution is 2.32. The van der Waals surface area contributed by atoms with Crippen molar-refractivity contribution in [3.05, 3.63) is 51.8 Å². The van der Waals surface area contributed by atoms with Crippen LogP contribution in [0.3, 0.4) is 0 Å². The van der Waals surface area contributed by atoms with Crippen molar-refractivity contribution in [2.24, 2.45) is 0 Å². The maximum atomic E-state index is 10.9. The number of nitro groups is 1. The molecule has 1 aromatic carbocycles. The minimum Gasteiger partial charge on any atom is -0.477 e. The van der Waals surface area contributed by atoms with E-state index in [1.165, 1.54) is 12.1 Å². The maximum absolute atomic E-state index is 10.9. The van der Waals surface area contributed by atoms with Crippen molar-refractivity contribution in [1.82, 2.24) is 9.97 Å². The van der Waals surface area contributed by atoms with Gasteiger partial charge in [-0.2, -0.15) is 0 Å². The van der Waals surface area contributed by atoms with Gasteiger partial charge in [-0.25, -0.2) is 14.8 Å². The molecule has 2 rings (SSSR count). The summed E-state index contributed by atoms with van der Waals surface area (Å²) in [5.41, 5.74) is 0.275. The Morgan fingerprint density at radius 1 is 1.35 bits per heavy atom. The number of benzene rings is 1. The predicted molar refractivity (Wildman–Crippen MR) is 70.9 cm³/mol. The third-order valence-corrected chi connectivity index (χ3v) is 3.25. The first-order chi connectivity index (χ1) is 9.47. The molecule has 1 N–H and O–H groups in total. The summed E-state index contributed by atoms with van der Waals surface area (Å²) >= 11 is 0.961. The lowest BCUT2D eigenvalue weighted by molar-refractivity contribution is -0.387. The van der Waals surface area contributed by atoms with Gasteiger partial charge in [-0.3, -0.25) is 10.1 Å². The molecule has 0 aliphatic heterocycles. The molecule has 20 heavy (non-hydrogen) atoms. The van der Waals surface area contributed by atoms with Crippen LogP contribution in [0, 0.1) is 17.0 Å². The molecule has 0 radical (unpaired) electrons. The molecule has 0 spiro atoms. The van der Waals surface area contributed by atoms with Gasteiger partial charge >= 0.3 is 5.97 Å². The van der Waals surface area contributed by atoms with Crippen LogP contribution in [0.15, 0.2) is 40.4 Å². The number of carboxylic acid groups (broad SMARTS) is 1. The summed E-state index contributed by atoms with van der Waals surface area (Å²) in [7, 11) is 0. The van der Waals surface area contributed by atoms with Crippen LogP contribution < -0.4 is 0 Å². The van der Waals surface area contributed by atoms with E-state index in [9.17, 15) is 14.9 Å². The van der Waals surface area contributed by atoms with E-state index in [4.69, 9.17) is 5.11 Å². The van der Waals surface area contributed by atoms with E-state index < -0.39 is 10.9 Å². The number of rotatable bonds is 4. The Morgan fingerprint density at radius 3 is 2.70 bits per heavy atom. The topological polar surface area (TPSA) is 106 Å². The van der Waals surface area contributed by atoms with Crippen molar-refractivity contribution in [2.75, 3.05) is 0 Å². The third kappa shape index (κ3) is 3.09. The van der Waals surface area contributed by atoms with Gasteiger partial charge in [-0.1, -0.05) is 12.1 Å². The lowest BCUT2D eigenvalue weighted by Gasteiger charge is -2.03. The van der Waals surface area contributed by atoms with E-state index in [-0.39, 0.29) is 16.5 Å². The Labute approximate surface area is 117 Å². The molecule has 7 nitrogen and oxygen atoms in total. The zero-order valence-corrected chi connectivity index (χ0v) is 11.1. The number of hydrogen-bond donors (Lipinski definition) is 1. The van der Waals surface area contributed by atoms with Gasteiger partial charge in [0.2, 0.25) is 0 Å². The fourth-order valence-electron chi connectivity index (χ4n) is 1.49. The SMILES string of the molecule is Cc1cc(C(=O)O)nc(Sc2ccccc2[N+](=O)[O-])n1. The Morgan fingerprint density at radius 2 is 2.05 bits per heavy atom. The number of carboxylic acids is 1. The zero-order chi connectivity index (χ0) is 14.7. The van der Waals surface area contributed by atoms with Gasteiger partial charge in [-0.15, -0.1) is 0 Å². The zero-order valence-electron chi connectivity index (χ0n) is 10.3. The molecule has 0 atom stereocenters. The highest BCUT2D eigenvalue weighted by molar-refractivity contribution is 7.99. The highest BCUT2D eigenvalue weighted by atomic mass is 32.2. The molecule has 0 aliphatic carbocycles. The summed E-state index contributed by atoms with van der Waals surface area (Å²) in [6, 6.07) is 7.49. The summed E-state index contributed by atoms with van der Waals surface area (Å²) < 4.78 is 0. The number of nitrogens with zero attached hydrogens (tertiary/aromatic N) is 3. The summed E-state index contributed by atoms with van der Waals surface area (Å²) in [6.07, 6.45) is 0. The van der Waals surface area contributed by atoms with Crippen molar-refractivity contribution in [1.29, 1.82) is 0 Å². The van der Waals surface area contributed by atoms with E-state index in [1.807, 2.05) is 0 Å². The van der Waals surface area contributed by atoms with Crippen LogP contribution in [0.1, 0.15) is 16.2 Å². The van der Waals surface area contributed by atoms with E-state index >= 15 is 0 Å². The Balaban J connectivity index is 2.40. The second-order valence-corrected chi connectivity index (χ2v) is 4.82. The molecule has 0 amide bonds. The molecule has 102 valence electrons. The van der Waals surface area contributed by atoms with Crippen LogP contribution in [0.4, 0.5) is 5.69 Å². The smallest absolute Gasteiger partial charge is 0.354 e. The molecule has 0 fully saturated rings. The average Bonchev–Trinajstić information content (AvgIpc) is 2.38. The van der Waals surface area contributed by atoms with Gasteiger partial charge in [0, 0.05) is 11.8 Å². The van der Waals surface area contributed by atoms with Crippen molar-refractivity contribution >= 4 is 23.4 Å². The van der Waals surface area contributed by atoms with Crippen molar-refractivity contribution in [2.45, 2.75) is 17.0 Å². The number of aromatic carboxylic acids is 1. The normalized spacial score (nSPS) is 10.2. The van der Waals surface area contributed by atoms with Crippen LogP contribution in [-0.4, -0.2) is 26.0 Å². The second-order valence-electron chi connectivity index (χ2n) is 3.81. The van der Waals surface area contributed by atoms with Crippen LogP contribution in [0.2, 0.25) is 0 Å². The Bertz CT molecular complexity index is 690. The van der Waals surface area contributed by atoms with Crippen molar-refractivity contribution < 1.29 is 14.8 Å². The minimum absolute atomic E-state index is 0.0699. The predicted octanol–water partition coefficient (Wildman–Crippen LogP) is 2.54. The molecule has 0 saturated carbocycles. The first-order valence-electron chi connectivity index (χ1n) is 5.47.